The lowest BCUT2D eigenvalue weighted by atomic mass is 10.1. The highest BCUT2D eigenvalue weighted by Gasteiger charge is 1.97. The van der Waals surface area contributed by atoms with Crippen LogP contribution in [0.2, 0.25) is 0 Å². The molecule has 1 heterocycles. The minimum Gasteiger partial charge on any atom is -0.338 e. The van der Waals surface area contributed by atoms with Crippen LogP contribution >= 0.6 is 0 Å². The Balaban J connectivity index is 1.86. The second-order valence-corrected chi connectivity index (χ2v) is 4.26. The first-order valence-corrected chi connectivity index (χ1v) is 6.03. The Morgan fingerprint density at radius 3 is 2.37 bits per heavy atom. The van der Waals surface area contributed by atoms with Gasteiger partial charge in [0.25, 0.3) is 0 Å². The van der Waals surface area contributed by atoms with Crippen molar-refractivity contribution < 1.29 is 4.79 Å². The molecule has 0 unspecified atom stereocenters. The number of fused-ring (bicyclic) bond motifs is 1. The highest BCUT2D eigenvalue weighted by Crippen LogP contribution is 2.12. The average Bonchev–Trinajstić information content (AvgIpc) is 2.88. The number of aromatic amines is 1. The van der Waals surface area contributed by atoms with Crippen molar-refractivity contribution in [3.8, 4) is 0 Å². The third-order valence-corrected chi connectivity index (χ3v) is 2.91. The molecule has 0 fully saturated rings. The Morgan fingerprint density at radius 2 is 1.63 bits per heavy atom. The normalized spacial score (nSPS) is 11.2. The van der Waals surface area contributed by atoms with Crippen LogP contribution in [0.5, 0.6) is 0 Å². The largest absolute Gasteiger partial charge is 0.338 e. The molecule has 3 nitrogen and oxygen atoms in total. The number of nitrogens with zero attached hydrogens (tertiary/aromatic N) is 1. The number of carbonyl (C=O) groups excluding carboxylic acids is 1. The van der Waals surface area contributed by atoms with Crippen molar-refractivity contribution >= 4 is 29.5 Å². The van der Waals surface area contributed by atoms with Crippen LogP contribution in [0.15, 0.2) is 48.5 Å². The summed E-state index contributed by atoms with van der Waals surface area (Å²) < 4.78 is 0. The number of benzene rings is 2. The summed E-state index contributed by atoms with van der Waals surface area (Å²) in [5.74, 6) is 0.820. The number of hydrogen-bond acceptors (Lipinski definition) is 2. The Morgan fingerprint density at radius 1 is 0.895 bits per heavy atom. The topological polar surface area (TPSA) is 45.8 Å². The van der Waals surface area contributed by atoms with Crippen molar-refractivity contribution in [2.75, 3.05) is 0 Å². The smallest absolute Gasteiger partial charge is 0.150 e. The molecule has 92 valence electrons. The van der Waals surface area contributed by atoms with Crippen LogP contribution in [0.1, 0.15) is 21.7 Å². The minimum absolute atomic E-state index is 0.681. The van der Waals surface area contributed by atoms with Crippen LogP contribution in [0.4, 0.5) is 0 Å². The SMILES string of the molecule is O=Cc1ccc(C=Cc2nc3ccccc3[nH]2)cc1. The Labute approximate surface area is 110 Å². The molecule has 1 aromatic heterocycles. The molecular formula is C16H12N2O. The summed E-state index contributed by atoms with van der Waals surface area (Å²) in [5.41, 5.74) is 3.70. The fraction of sp³-hybridized carbons (Fsp3) is 0. The molecule has 0 spiro atoms. The molecule has 0 aliphatic carbocycles. The van der Waals surface area contributed by atoms with E-state index in [9.17, 15) is 4.79 Å². The van der Waals surface area contributed by atoms with E-state index in [-0.39, 0.29) is 0 Å². The molecular weight excluding hydrogens is 236 g/mol. The number of carbonyl (C=O) groups is 1. The van der Waals surface area contributed by atoms with Gasteiger partial charge < -0.3 is 4.98 Å². The highest BCUT2D eigenvalue weighted by molar-refractivity contribution is 5.79. The van der Waals surface area contributed by atoms with Gasteiger partial charge >= 0.3 is 0 Å². The van der Waals surface area contributed by atoms with Gasteiger partial charge in [0, 0.05) is 5.56 Å². The third-order valence-electron chi connectivity index (χ3n) is 2.91. The van der Waals surface area contributed by atoms with Crippen molar-refractivity contribution in [3.05, 3.63) is 65.5 Å². The van der Waals surface area contributed by atoms with Gasteiger partial charge in [0.15, 0.2) is 0 Å². The molecule has 0 radical (unpaired) electrons. The van der Waals surface area contributed by atoms with Crippen LogP contribution in [0.25, 0.3) is 23.2 Å². The lowest BCUT2D eigenvalue weighted by Crippen LogP contribution is -1.79. The van der Waals surface area contributed by atoms with Gasteiger partial charge in [0.1, 0.15) is 12.1 Å². The van der Waals surface area contributed by atoms with Crippen molar-refractivity contribution in [2.45, 2.75) is 0 Å². The number of H-pyrrole nitrogens is 1. The van der Waals surface area contributed by atoms with Crippen molar-refractivity contribution in [2.24, 2.45) is 0 Å². The van der Waals surface area contributed by atoms with Gasteiger partial charge in [-0.15, -0.1) is 0 Å². The molecule has 0 atom stereocenters. The van der Waals surface area contributed by atoms with Gasteiger partial charge in [-0.25, -0.2) is 4.98 Å². The number of imidazole rings is 1. The van der Waals surface area contributed by atoms with Crippen LogP contribution in [0, 0.1) is 0 Å². The lowest BCUT2D eigenvalue weighted by molar-refractivity contribution is 0.112. The molecule has 0 saturated carbocycles. The molecule has 0 aliphatic rings. The van der Waals surface area contributed by atoms with E-state index in [2.05, 4.69) is 9.97 Å². The first kappa shape index (κ1) is 11.4. The number of hydrogen-bond donors (Lipinski definition) is 1. The van der Waals surface area contributed by atoms with E-state index in [1.165, 1.54) is 0 Å². The molecule has 0 bridgehead atoms. The van der Waals surface area contributed by atoms with Crippen molar-refractivity contribution in [3.63, 3.8) is 0 Å². The van der Waals surface area contributed by atoms with E-state index in [4.69, 9.17) is 0 Å². The van der Waals surface area contributed by atoms with Gasteiger partial charge in [0.05, 0.1) is 11.0 Å². The maximum atomic E-state index is 10.6. The lowest BCUT2D eigenvalue weighted by Gasteiger charge is -1.93. The van der Waals surface area contributed by atoms with Gasteiger partial charge in [-0.2, -0.15) is 0 Å². The molecule has 3 aromatic rings. The Hall–Kier alpha value is -2.68. The summed E-state index contributed by atoms with van der Waals surface area (Å²) in [6.07, 6.45) is 4.73. The predicted molar refractivity (Wildman–Crippen MR) is 76.9 cm³/mol. The molecule has 3 heteroatoms. The zero-order valence-corrected chi connectivity index (χ0v) is 10.2. The average molecular weight is 248 g/mol. The molecule has 2 aromatic carbocycles. The second-order valence-electron chi connectivity index (χ2n) is 4.26. The number of rotatable bonds is 3. The Bertz CT molecular complexity index is 706. The molecule has 19 heavy (non-hydrogen) atoms. The van der Waals surface area contributed by atoms with Gasteiger partial charge in [0.2, 0.25) is 0 Å². The zero-order valence-electron chi connectivity index (χ0n) is 10.2. The van der Waals surface area contributed by atoms with E-state index in [0.717, 1.165) is 28.7 Å². The van der Waals surface area contributed by atoms with Gasteiger partial charge in [-0.3, -0.25) is 4.79 Å². The summed E-state index contributed by atoms with van der Waals surface area (Å²) in [4.78, 5) is 18.3. The Kier molecular flexibility index (Phi) is 2.94. The summed E-state index contributed by atoms with van der Waals surface area (Å²) in [7, 11) is 0. The summed E-state index contributed by atoms with van der Waals surface area (Å²) in [6.45, 7) is 0. The third kappa shape index (κ3) is 2.45. The minimum atomic E-state index is 0.681. The first-order chi connectivity index (χ1) is 9.35. The van der Waals surface area contributed by atoms with Gasteiger partial charge in [-0.05, 0) is 23.8 Å². The van der Waals surface area contributed by atoms with E-state index >= 15 is 0 Å². The van der Waals surface area contributed by atoms with Crippen LogP contribution in [-0.4, -0.2) is 16.3 Å². The maximum Gasteiger partial charge on any atom is 0.150 e. The van der Waals surface area contributed by atoms with Crippen LogP contribution in [0.3, 0.4) is 0 Å². The molecule has 1 N–H and O–H groups in total. The summed E-state index contributed by atoms with van der Waals surface area (Å²) in [5, 5.41) is 0. The van der Waals surface area contributed by atoms with Crippen molar-refractivity contribution in [1.82, 2.24) is 9.97 Å². The fourth-order valence-corrected chi connectivity index (χ4v) is 1.91. The summed E-state index contributed by atoms with van der Waals surface area (Å²) >= 11 is 0. The fourth-order valence-electron chi connectivity index (χ4n) is 1.91. The van der Waals surface area contributed by atoms with Crippen LogP contribution in [-0.2, 0) is 0 Å². The standard InChI is InChI=1S/C16H12N2O/c19-11-13-7-5-12(6-8-13)9-10-16-17-14-3-1-2-4-15(14)18-16/h1-11H,(H,17,18). The van der Waals surface area contributed by atoms with E-state index in [1.54, 1.807) is 12.1 Å². The quantitative estimate of drug-likeness (QED) is 0.720. The maximum absolute atomic E-state index is 10.6. The molecule has 0 saturated heterocycles. The zero-order chi connectivity index (χ0) is 13.1. The van der Waals surface area contributed by atoms with Crippen molar-refractivity contribution in [1.29, 1.82) is 0 Å². The molecule has 0 amide bonds. The molecule has 3 rings (SSSR count). The first-order valence-electron chi connectivity index (χ1n) is 6.03. The molecule has 0 aliphatic heterocycles. The number of aromatic nitrogens is 2. The number of nitrogens with one attached hydrogen (secondary N) is 1. The number of para-hydroxylation sites is 2. The second kappa shape index (κ2) is 4.90. The van der Waals surface area contributed by atoms with E-state index in [1.807, 2.05) is 48.6 Å². The summed E-state index contributed by atoms with van der Waals surface area (Å²) in [6, 6.07) is 15.3. The highest BCUT2D eigenvalue weighted by atomic mass is 16.1. The monoisotopic (exact) mass is 248 g/mol. The number of aldehydes is 1. The van der Waals surface area contributed by atoms with Gasteiger partial charge in [-0.1, -0.05) is 42.5 Å². The predicted octanol–water partition coefficient (Wildman–Crippen LogP) is 3.55. The van der Waals surface area contributed by atoms with E-state index < -0.39 is 0 Å². The van der Waals surface area contributed by atoms with Crippen LogP contribution < -0.4 is 0 Å². The van der Waals surface area contributed by atoms with E-state index in [0.29, 0.717) is 5.56 Å².